The number of amides is 1. The molecule has 5 nitrogen and oxygen atoms in total. The number of aromatic hydroxyl groups is 1. The normalized spacial score (nSPS) is 14.3. The first-order valence-electron chi connectivity index (χ1n) is 13.3. The van der Waals surface area contributed by atoms with Gasteiger partial charge < -0.3 is 15.2 Å². The van der Waals surface area contributed by atoms with Gasteiger partial charge in [0.2, 0.25) is 0 Å². The Kier molecular flexibility index (Phi) is 11.7. The monoisotopic (exact) mass is 539 g/mol. The SMILES string of the molecule is CCCCCCCCCC(=O)c1ccc(OCc2ccc(C=C3SC(=S)NC3=O)cc2)c(CCC)c1O. The maximum absolute atomic E-state index is 12.8. The van der Waals surface area contributed by atoms with Crippen molar-refractivity contribution in [3.63, 3.8) is 0 Å². The molecule has 2 aromatic carbocycles. The summed E-state index contributed by atoms with van der Waals surface area (Å²) in [4.78, 5) is 25.2. The number of nitrogens with one attached hydrogen (secondary N) is 1. The Hall–Kier alpha value is -2.64. The highest BCUT2D eigenvalue weighted by molar-refractivity contribution is 8.26. The van der Waals surface area contributed by atoms with Crippen molar-refractivity contribution in [1.29, 1.82) is 0 Å². The molecule has 0 spiro atoms. The van der Waals surface area contributed by atoms with Crippen LogP contribution in [-0.2, 0) is 17.8 Å². The van der Waals surface area contributed by atoms with E-state index >= 15 is 0 Å². The average Bonchev–Trinajstić information content (AvgIpc) is 3.20. The molecular weight excluding hydrogens is 502 g/mol. The number of Topliss-reactive ketones (excluding diaryl/α,β-unsaturated/α-hetero) is 1. The van der Waals surface area contributed by atoms with Crippen molar-refractivity contribution in [3.05, 3.63) is 63.6 Å². The molecule has 0 bridgehead atoms. The van der Waals surface area contributed by atoms with E-state index in [2.05, 4.69) is 12.2 Å². The Morgan fingerprint density at radius 1 is 1.00 bits per heavy atom. The van der Waals surface area contributed by atoms with E-state index in [0.717, 1.165) is 36.8 Å². The molecule has 0 saturated carbocycles. The molecule has 7 heteroatoms. The number of hydrogen-bond donors (Lipinski definition) is 2. The van der Waals surface area contributed by atoms with Crippen LogP contribution in [-0.4, -0.2) is 21.1 Å². The number of thiocarbonyl (C=S) groups is 1. The molecule has 1 saturated heterocycles. The van der Waals surface area contributed by atoms with Gasteiger partial charge in [-0.1, -0.05) is 107 Å². The number of carbonyl (C=O) groups is 2. The molecule has 0 unspecified atom stereocenters. The van der Waals surface area contributed by atoms with Crippen molar-refractivity contribution in [3.8, 4) is 11.5 Å². The van der Waals surface area contributed by atoms with Gasteiger partial charge in [0.25, 0.3) is 5.91 Å². The van der Waals surface area contributed by atoms with Gasteiger partial charge >= 0.3 is 0 Å². The predicted molar refractivity (Wildman–Crippen MR) is 156 cm³/mol. The molecule has 3 rings (SSSR count). The maximum Gasteiger partial charge on any atom is 0.263 e. The number of phenols is 1. The third-order valence-electron chi connectivity index (χ3n) is 6.36. The Bertz CT molecular complexity index is 1130. The van der Waals surface area contributed by atoms with Crippen molar-refractivity contribution in [1.82, 2.24) is 5.32 Å². The van der Waals surface area contributed by atoms with Gasteiger partial charge in [0, 0.05) is 12.0 Å². The lowest BCUT2D eigenvalue weighted by atomic mass is 9.98. The molecule has 1 heterocycles. The van der Waals surface area contributed by atoms with Crippen molar-refractivity contribution in [2.75, 3.05) is 0 Å². The third kappa shape index (κ3) is 8.71. The molecule has 1 amide bonds. The van der Waals surface area contributed by atoms with E-state index in [1.807, 2.05) is 37.3 Å². The second-order valence-corrected chi connectivity index (χ2v) is 11.1. The molecule has 0 atom stereocenters. The van der Waals surface area contributed by atoms with Gasteiger partial charge in [0.05, 0.1) is 10.5 Å². The van der Waals surface area contributed by atoms with Crippen LogP contribution in [0.3, 0.4) is 0 Å². The molecule has 2 N–H and O–H groups in total. The number of benzene rings is 2. The number of ether oxygens (including phenoxy) is 1. The van der Waals surface area contributed by atoms with Crippen LogP contribution < -0.4 is 10.1 Å². The lowest BCUT2D eigenvalue weighted by molar-refractivity contribution is -0.115. The standard InChI is InChI=1S/C30H37NO4S2/c1-3-5-6-7-8-9-10-12-25(32)23-17-18-26(24(11-4-2)28(23)33)35-20-22-15-13-21(14-16-22)19-27-29(34)31-30(36)37-27/h13-19,33H,3-12,20H2,1-2H3,(H,31,34,36). The zero-order chi connectivity index (χ0) is 26.6. The van der Waals surface area contributed by atoms with Crippen LogP contribution in [0.4, 0.5) is 0 Å². The first-order chi connectivity index (χ1) is 17.9. The number of unbranched alkanes of at least 4 members (excludes halogenated alkanes) is 6. The first kappa shape index (κ1) is 28.9. The van der Waals surface area contributed by atoms with Crippen molar-refractivity contribution >= 4 is 46.1 Å². The fourth-order valence-electron chi connectivity index (χ4n) is 4.29. The number of rotatable bonds is 15. The van der Waals surface area contributed by atoms with Gasteiger partial charge in [-0.3, -0.25) is 9.59 Å². The molecule has 1 fully saturated rings. The van der Waals surface area contributed by atoms with Crippen LogP contribution >= 0.6 is 24.0 Å². The lowest BCUT2D eigenvalue weighted by Crippen LogP contribution is -2.17. The van der Waals surface area contributed by atoms with Gasteiger partial charge in [-0.2, -0.15) is 0 Å². The summed E-state index contributed by atoms with van der Waals surface area (Å²) in [6.45, 7) is 4.58. The molecule has 1 aliphatic rings. The summed E-state index contributed by atoms with van der Waals surface area (Å²) in [7, 11) is 0. The highest BCUT2D eigenvalue weighted by Crippen LogP contribution is 2.34. The number of phenolic OH excluding ortho intramolecular Hbond substituents is 1. The van der Waals surface area contributed by atoms with Gasteiger partial charge in [-0.25, -0.2) is 0 Å². The number of ketones is 1. The summed E-state index contributed by atoms with van der Waals surface area (Å²) in [6.07, 6.45) is 11.8. The van der Waals surface area contributed by atoms with Crippen LogP contribution in [0.2, 0.25) is 0 Å². The second kappa shape index (κ2) is 14.9. The third-order valence-corrected chi connectivity index (χ3v) is 7.52. The van der Waals surface area contributed by atoms with Gasteiger partial charge in [0.15, 0.2) is 5.78 Å². The van der Waals surface area contributed by atoms with Crippen LogP contribution in [0.1, 0.15) is 98.7 Å². The van der Waals surface area contributed by atoms with E-state index in [-0.39, 0.29) is 17.4 Å². The molecule has 1 aliphatic heterocycles. The van der Waals surface area contributed by atoms with Gasteiger partial charge in [-0.05, 0) is 42.2 Å². The van der Waals surface area contributed by atoms with Gasteiger partial charge in [-0.15, -0.1) is 0 Å². The van der Waals surface area contributed by atoms with E-state index in [1.54, 1.807) is 12.1 Å². The fraction of sp³-hybridized carbons (Fsp3) is 0.433. The van der Waals surface area contributed by atoms with Crippen molar-refractivity contribution < 1.29 is 19.4 Å². The van der Waals surface area contributed by atoms with E-state index in [0.29, 0.717) is 45.6 Å². The average molecular weight is 540 g/mol. The largest absolute Gasteiger partial charge is 0.507 e. The molecule has 198 valence electrons. The highest BCUT2D eigenvalue weighted by Gasteiger charge is 2.22. The Morgan fingerprint density at radius 2 is 1.70 bits per heavy atom. The molecule has 0 aromatic heterocycles. The van der Waals surface area contributed by atoms with Crippen molar-refractivity contribution in [2.24, 2.45) is 0 Å². The minimum atomic E-state index is -0.171. The topological polar surface area (TPSA) is 75.6 Å². The lowest BCUT2D eigenvalue weighted by Gasteiger charge is -2.15. The summed E-state index contributed by atoms with van der Waals surface area (Å²) >= 11 is 6.29. The Balaban J connectivity index is 1.59. The summed E-state index contributed by atoms with van der Waals surface area (Å²) in [5, 5.41) is 13.5. The fourth-order valence-corrected chi connectivity index (χ4v) is 5.33. The summed E-state index contributed by atoms with van der Waals surface area (Å²) in [6, 6.07) is 11.2. The van der Waals surface area contributed by atoms with Gasteiger partial charge in [0.1, 0.15) is 22.4 Å². The van der Waals surface area contributed by atoms with Crippen LogP contribution in [0.15, 0.2) is 41.3 Å². The number of carbonyl (C=O) groups excluding carboxylic acids is 2. The second-order valence-electron chi connectivity index (χ2n) is 9.37. The number of thioether (sulfide) groups is 1. The number of hydrogen-bond acceptors (Lipinski definition) is 6. The minimum Gasteiger partial charge on any atom is -0.507 e. The summed E-state index contributed by atoms with van der Waals surface area (Å²) in [5.74, 6) is 0.481. The maximum atomic E-state index is 12.8. The van der Waals surface area contributed by atoms with E-state index < -0.39 is 0 Å². The summed E-state index contributed by atoms with van der Waals surface area (Å²) < 4.78 is 6.54. The molecular formula is C30H37NO4S2. The van der Waals surface area contributed by atoms with E-state index in [4.69, 9.17) is 17.0 Å². The van der Waals surface area contributed by atoms with Crippen LogP contribution in [0, 0.1) is 0 Å². The van der Waals surface area contributed by atoms with E-state index in [9.17, 15) is 14.7 Å². The quantitative estimate of drug-likeness (QED) is 0.104. The minimum absolute atomic E-state index is 0.00506. The molecule has 0 radical (unpaired) electrons. The molecule has 2 aromatic rings. The summed E-state index contributed by atoms with van der Waals surface area (Å²) in [5.41, 5.74) is 2.95. The van der Waals surface area contributed by atoms with Crippen LogP contribution in [0.25, 0.3) is 6.08 Å². The van der Waals surface area contributed by atoms with Crippen molar-refractivity contribution in [2.45, 2.75) is 84.7 Å². The smallest absolute Gasteiger partial charge is 0.263 e. The van der Waals surface area contributed by atoms with E-state index in [1.165, 1.54) is 37.4 Å². The first-order valence-corrected chi connectivity index (χ1v) is 14.5. The molecule has 37 heavy (non-hydrogen) atoms. The zero-order valence-electron chi connectivity index (χ0n) is 21.8. The predicted octanol–water partition coefficient (Wildman–Crippen LogP) is 7.74. The zero-order valence-corrected chi connectivity index (χ0v) is 23.4. The highest BCUT2D eigenvalue weighted by atomic mass is 32.2. The Labute approximate surface area is 230 Å². The Morgan fingerprint density at radius 3 is 2.35 bits per heavy atom. The molecule has 0 aliphatic carbocycles. The van der Waals surface area contributed by atoms with Crippen LogP contribution in [0.5, 0.6) is 11.5 Å².